The predicted octanol–water partition coefficient (Wildman–Crippen LogP) is 5.58. The number of carbonyl (C=O) groups excluding carboxylic acids is 3. The highest BCUT2D eigenvalue weighted by Gasteiger charge is 2.46. The summed E-state index contributed by atoms with van der Waals surface area (Å²) < 4.78 is 46.9. The van der Waals surface area contributed by atoms with Gasteiger partial charge in [-0.15, -0.1) is 0 Å². The summed E-state index contributed by atoms with van der Waals surface area (Å²) in [6.07, 6.45) is 7.63. The molecule has 0 radical (unpaired) electrons. The molecule has 0 unspecified atom stereocenters. The lowest BCUT2D eigenvalue weighted by Gasteiger charge is -2.33. The molecule has 2 fully saturated rings. The predicted molar refractivity (Wildman–Crippen MR) is 174 cm³/mol. The quantitative estimate of drug-likeness (QED) is 0.292. The van der Waals surface area contributed by atoms with Gasteiger partial charge in [0, 0.05) is 50.4 Å². The first-order valence-corrected chi connectivity index (χ1v) is 16.8. The number of halogens is 3. The second-order valence-corrected chi connectivity index (χ2v) is 13.3. The number of benzene rings is 1. The zero-order valence-corrected chi connectivity index (χ0v) is 27.6. The van der Waals surface area contributed by atoms with E-state index >= 15 is 13.2 Å². The number of hydrogen-bond donors (Lipinski definition) is 3. The summed E-state index contributed by atoms with van der Waals surface area (Å²) in [4.78, 5) is 43.7. The Morgan fingerprint density at radius 3 is 2.41 bits per heavy atom. The summed E-state index contributed by atoms with van der Waals surface area (Å²) in [7, 11) is 2.02. The molecule has 1 heterocycles. The topological polar surface area (TPSA) is 93.8 Å². The SMILES string of the molecule is CCNC1=C(C(F)(F)C(=O)N[C@H](C(=O)Nc2ccc([C@H](C)CC(=O)N3CCN(C)CC3)cc2F)[C@H]2CC[C@H](C)CC2)C=CCCC1. The molecule has 4 rings (SSSR count). The molecule has 11 heteroatoms. The van der Waals surface area contributed by atoms with E-state index < -0.39 is 29.6 Å². The van der Waals surface area contributed by atoms with E-state index in [1.54, 1.807) is 12.1 Å². The third kappa shape index (κ3) is 8.92. The van der Waals surface area contributed by atoms with Crippen molar-refractivity contribution >= 4 is 23.4 Å². The average molecular weight is 646 g/mol. The molecule has 3 amide bonds. The van der Waals surface area contributed by atoms with Crippen molar-refractivity contribution in [1.82, 2.24) is 20.4 Å². The number of nitrogens with one attached hydrogen (secondary N) is 3. The number of rotatable bonds is 11. The molecule has 1 saturated carbocycles. The Hall–Kier alpha value is -3.34. The van der Waals surface area contributed by atoms with Gasteiger partial charge in [0.25, 0.3) is 5.91 Å². The number of alkyl halides is 2. The fraction of sp³-hybridized carbons (Fsp3) is 0.629. The summed E-state index contributed by atoms with van der Waals surface area (Å²) in [5.74, 6) is -7.01. The molecule has 2 atom stereocenters. The van der Waals surface area contributed by atoms with Crippen molar-refractivity contribution in [3.63, 3.8) is 0 Å². The first kappa shape index (κ1) is 35.5. The third-order valence-electron chi connectivity index (χ3n) is 9.68. The lowest BCUT2D eigenvalue weighted by molar-refractivity contribution is -0.143. The van der Waals surface area contributed by atoms with Crippen LogP contribution >= 0.6 is 0 Å². The smallest absolute Gasteiger partial charge is 0.351 e. The van der Waals surface area contributed by atoms with Crippen molar-refractivity contribution in [3.05, 3.63) is 53.0 Å². The fourth-order valence-electron chi connectivity index (χ4n) is 6.61. The zero-order valence-electron chi connectivity index (χ0n) is 27.6. The van der Waals surface area contributed by atoms with Crippen molar-refractivity contribution in [1.29, 1.82) is 0 Å². The van der Waals surface area contributed by atoms with Gasteiger partial charge in [-0.1, -0.05) is 44.9 Å². The van der Waals surface area contributed by atoms with E-state index in [0.717, 1.165) is 25.9 Å². The molecule has 1 aromatic rings. The largest absolute Gasteiger partial charge is 0.388 e. The maximum atomic E-state index is 15.8. The van der Waals surface area contributed by atoms with Crippen LogP contribution in [0.15, 0.2) is 41.6 Å². The van der Waals surface area contributed by atoms with E-state index in [-0.39, 0.29) is 35.4 Å². The standard InChI is InChI=1S/C35H50F3N5O3/c1-5-39-29-10-8-6-7-9-27(29)35(37,38)34(46)41-32(25-13-11-23(2)12-14-25)33(45)40-30-16-15-26(22-28(30)36)24(3)21-31(44)43-19-17-42(4)18-20-43/h7,9,15-16,22-25,32,39H,5-6,8,10-14,17-21H2,1-4H3,(H,40,45)(H,41,46)/t23-,24-,25-,32+/m1/s1. The lowest BCUT2D eigenvalue weighted by Crippen LogP contribution is -2.54. The Bertz CT molecular complexity index is 1300. The highest BCUT2D eigenvalue weighted by atomic mass is 19.3. The number of piperazine rings is 1. The maximum absolute atomic E-state index is 15.8. The fourth-order valence-corrected chi connectivity index (χ4v) is 6.61. The molecule has 8 nitrogen and oxygen atoms in total. The highest BCUT2D eigenvalue weighted by molar-refractivity contribution is 5.99. The van der Waals surface area contributed by atoms with Gasteiger partial charge < -0.3 is 25.8 Å². The van der Waals surface area contributed by atoms with Gasteiger partial charge in [-0.2, -0.15) is 8.78 Å². The minimum Gasteiger partial charge on any atom is -0.388 e. The number of likely N-dealkylation sites (N-methyl/N-ethyl adjacent to an activating group) is 1. The first-order chi connectivity index (χ1) is 21.9. The van der Waals surface area contributed by atoms with Crippen LogP contribution in [-0.4, -0.2) is 79.3 Å². The number of allylic oxidation sites excluding steroid dienone is 3. The van der Waals surface area contributed by atoms with Crippen LogP contribution in [0.3, 0.4) is 0 Å². The molecule has 3 N–H and O–H groups in total. The van der Waals surface area contributed by atoms with Crippen LogP contribution in [0.5, 0.6) is 0 Å². The second kappa shape index (κ2) is 16.0. The molecule has 2 aliphatic carbocycles. The van der Waals surface area contributed by atoms with Gasteiger partial charge in [-0.25, -0.2) is 4.39 Å². The van der Waals surface area contributed by atoms with Gasteiger partial charge in [0.2, 0.25) is 11.8 Å². The van der Waals surface area contributed by atoms with Crippen LogP contribution in [0.25, 0.3) is 0 Å². The van der Waals surface area contributed by atoms with E-state index in [1.807, 2.05) is 25.8 Å². The monoisotopic (exact) mass is 645 g/mol. The molecule has 3 aliphatic rings. The Balaban J connectivity index is 1.48. The van der Waals surface area contributed by atoms with E-state index in [9.17, 15) is 14.4 Å². The van der Waals surface area contributed by atoms with Gasteiger partial charge in [0.1, 0.15) is 11.9 Å². The Labute approximate surface area is 271 Å². The molecular weight excluding hydrogens is 595 g/mol. The summed E-state index contributed by atoms with van der Waals surface area (Å²) in [6.45, 7) is 9.15. The second-order valence-electron chi connectivity index (χ2n) is 13.3. The van der Waals surface area contributed by atoms with E-state index in [4.69, 9.17) is 0 Å². The molecule has 1 aliphatic heterocycles. The summed E-state index contributed by atoms with van der Waals surface area (Å²) in [5.41, 5.74) is 0.448. The third-order valence-corrected chi connectivity index (χ3v) is 9.68. The maximum Gasteiger partial charge on any atom is 0.351 e. The van der Waals surface area contributed by atoms with Crippen molar-refractivity contribution in [3.8, 4) is 0 Å². The van der Waals surface area contributed by atoms with Crippen molar-refractivity contribution in [2.45, 2.75) is 90.0 Å². The Kier molecular flexibility index (Phi) is 12.3. The molecule has 1 saturated heterocycles. The van der Waals surface area contributed by atoms with Gasteiger partial charge in [-0.05, 0) is 81.5 Å². The Morgan fingerprint density at radius 1 is 1.07 bits per heavy atom. The molecule has 0 aromatic heterocycles. The number of anilines is 1. The summed E-state index contributed by atoms with van der Waals surface area (Å²) in [5, 5.41) is 7.93. The molecule has 0 bridgehead atoms. The number of amides is 3. The van der Waals surface area contributed by atoms with Crippen molar-refractivity contribution in [2.24, 2.45) is 11.8 Å². The minimum absolute atomic E-state index is 0.0169. The summed E-state index contributed by atoms with van der Waals surface area (Å²) in [6, 6.07) is 3.13. The zero-order chi connectivity index (χ0) is 33.4. The van der Waals surface area contributed by atoms with Crippen molar-refractivity contribution in [2.75, 3.05) is 45.1 Å². The number of carbonyl (C=O) groups is 3. The molecular formula is C35H50F3N5O3. The van der Waals surface area contributed by atoms with E-state index in [1.165, 1.54) is 18.2 Å². The van der Waals surface area contributed by atoms with Crippen LogP contribution < -0.4 is 16.0 Å². The minimum atomic E-state index is -3.87. The number of nitrogens with zero attached hydrogens (tertiary/aromatic N) is 2. The highest BCUT2D eigenvalue weighted by Crippen LogP contribution is 2.35. The molecule has 1 aromatic carbocycles. The van der Waals surface area contributed by atoms with Gasteiger partial charge in [-0.3, -0.25) is 14.4 Å². The Morgan fingerprint density at radius 2 is 1.76 bits per heavy atom. The van der Waals surface area contributed by atoms with E-state index in [2.05, 4.69) is 27.8 Å². The lowest BCUT2D eigenvalue weighted by atomic mass is 9.79. The van der Waals surface area contributed by atoms with E-state index in [0.29, 0.717) is 68.9 Å². The average Bonchev–Trinajstić information content (AvgIpc) is 3.27. The van der Waals surface area contributed by atoms with Gasteiger partial charge in [0.05, 0.1) is 5.69 Å². The number of hydrogen-bond acceptors (Lipinski definition) is 5. The van der Waals surface area contributed by atoms with Crippen LogP contribution in [0.4, 0.5) is 18.9 Å². The van der Waals surface area contributed by atoms with Gasteiger partial charge >= 0.3 is 5.92 Å². The van der Waals surface area contributed by atoms with Crippen LogP contribution in [0.1, 0.15) is 83.6 Å². The summed E-state index contributed by atoms with van der Waals surface area (Å²) >= 11 is 0. The molecule has 46 heavy (non-hydrogen) atoms. The molecule has 0 spiro atoms. The van der Waals surface area contributed by atoms with Crippen LogP contribution in [0, 0.1) is 17.7 Å². The first-order valence-electron chi connectivity index (χ1n) is 16.8. The normalized spacial score (nSPS) is 22.5. The van der Waals surface area contributed by atoms with Crippen LogP contribution in [-0.2, 0) is 14.4 Å². The van der Waals surface area contributed by atoms with Crippen LogP contribution in [0.2, 0.25) is 0 Å². The van der Waals surface area contributed by atoms with Crippen molar-refractivity contribution < 1.29 is 27.6 Å². The molecule has 254 valence electrons. The van der Waals surface area contributed by atoms with Gasteiger partial charge in [0.15, 0.2) is 0 Å².